The van der Waals surface area contributed by atoms with Crippen molar-refractivity contribution in [1.82, 2.24) is 14.5 Å². The summed E-state index contributed by atoms with van der Waals surface area (Å²) in [6.07, 6.45) is 2.92. The van der Waals surface area contributed by atoms with E-state index in [4.69, 9.17) is 4.74 Å². The molecule has 3 heterocycles. The number of hydrogen-bond donors (Lipinski definition) is 1. The Morgan fingerprint density at radius 3 is 2.27 bits per heavy atom. The zero-order valence-corrected chi connectivity index (χ0v) is 23.1. The zero-order valence-electron chi connectivity index (χ0n) is 21.5. The lowest BCUT2D eigenvalue weighted by Gasteiger charge is -2.27. The van der Waals surface area contributed by atoms with Gasteiger partial charge in [0.25, 0.3) is 0 Å². The Labute approximate surface area is 240 Å². The van der Waals surface area contributed by atoms with Gasteiger partial charge >= 0.3 is 0 Å². The van der Waals surface area contributed by atoms with Gasteiger partial charge in [-0.3, -0.25) is 0 Å². The normalized spacial score (nSPS) is 13.6. The summed E-state index contributed by atoms with van der Waals surface area (Å²) in [5, 5.41) is 4.48. The van der Waals surface area contributed by atoms with Gasteiger partial charge in [0.1, 0.15) is 0 Å². The highest BCUT2D eigenvalue weighted by Crippen LogP contribution is 2.35. The molecule has 1 aliphatic rings. The van der Waals surface area contributed by atoms with Crippen LogP contribution in [-0.2, 0) is 4.74 Å². The maximum absolute atomic E-state index is 14.5. The molecule has 0 aliphatic carbocycles. The molecule has 9 heteroatoms. The third-order valence-corrected chi connectivity index (χ3v) is 7.16. The minimum Gasteiger partial charge on any atom is -0.378 e. The minimum absolute atomic E-state index is 0.219. The van der Waals surface area contributed by atoms with Gasteiger partial charge in [0.2, 0.25) is 5.95 Å². The molecule has 3 aromatic carbocycles. The first kappa shape index (κ1) is 25.9. The molecule has 1 fully saturated rings. The third-order valence-electron chi connectivity index (χ3n) is 6.64. The molecule has 2 aromatic heterocycles. The average Bonchev–Trinajstić information content (AvgIpc) is 3.39. The SMILES string of the molecule is Fc1cnc(N/N=C\c2cc(-c3ccccc3)n(-c3ccc(Br)cc3)c2-c2ccccc2)nc1N1CCOCC1. The van der Waals surface area contributed by atoms with Crippen LogP contribution in [0, 0.1) is 5.82 Å². The van der Waals surface area contributed by atoms with Crippen LogP contribution in [0.2, 0.25) is 0 Å². The van der Waals surface area contributed by atoms with Gasteiger partial charge in [-0.05, 0) is 41.5 Å². The molecule has 40 heavy (non-hydrogen) atoms. The van der Waals surface area contributed by atoms with Crippen LogP contribution >= 0.6 is 15.9 Å². The van der Waals surface area contributed by atoms with Gasteiger partial charge in [-0.25, -0.2) is 14.8 Å². The van der Waals surface area contributed by atoms with Crippen molar-refractivity contribution in [2.24, 2.45) is 5.10 Å². The third kappa shape index (κ3) is 5.52. The zero-order chi connectivity index (χ0) is 27.3. The number of nitrogens with zero attached hydrogens (tertiary/aromatic N) is 5. The molecule has 200 valence electrons. The number of hydrogen-bond acceptors (Lipinski definition) is 6. The fraction of sp³-hybridized carbons (Fsp3) is 0.129. The lowest BCUT2D eigenvalue weighted by Crippen LogP contribution is -2.37. The Kier molecular flexibility index (Phi) is 7.65. The van der Waals surface area contributed by atoms with E-state index in [1.165, 1.54) is 6.20 Å². The number of ether oxygens (including phenoxy) is 1. The van der Waals surface area contributed by atoms with Crippen molar-refractivity contribution in [3.05, 3.63) is 113 Å². The van der Waals surface area contributed by atoms with Crippen LogP contribution in [0.4, 0.5) is 16.2 Å². The van der Waals surface area contributed by atoms with Crippen LogP contribution in [0.5, 0.6) is 0 Å². The van der Waals surface area contributed by atoms with Crippen molar-refractivity contribution in [1.29, 1.82) is 0 Å². The first-order chi connectivity index (χ1) is 19.7. The smallest absolute Gasteiger partial charge is 0.245 e. The van der Waals surface area contributed by atoms with Crippen molar-refractivity contribution in [3.8, 4) is 28.2 Å². The van der Waals surface area contributed by atoms with Gasteiger partial charge < -0.3 is 14.2 Å². The van der Waals surface area contributed by atoms with Gasteiger partial charge in [-0.15, -0.1) is 0 Å². The van der Waals surface area contributed by atoms with Crippen LogP contribution in [0.3, 0.4) is 0 Å². The Hall–Kier alpha value is -4.34. The molecule has 7 nitrogen and oxygen atoms in total. The number of morpholine rings is 1. The summed E-state index contributed by atoms with van der Waals surface area (Å²) in [6, 6.07) is 30.8. The molecule has 0 radical (unpaired) electrons. The van der Waals surface area contributed by atoms with E-state index in [1.54, 1.807) is 6.21 Å². The van der Waals surface area contributed by atoms with E-state index in [9.17, 15) is 4.39 Å². The number of anilines is 2. The van der Waals surface area contributed by atoms with Crippen molar-refractivity contribution >= 4 is 33.9 Å². The molecule has 0 bridgehead atoms. The lowest BCUT2D eigenvalue weighted by molar-refractivity contribution is 0.122. The number of halogens is 2. The second kappa shape index (κ2) is 11.8. The highest BCUT2D eigenvalue weighted by Gasteiger charge is 2.20. The standard InChI is InChI=1S/C31H26BrFN6O/c32-25-11-13-26(14-12-25)39-28(22-7-3-1-4-8-22)19-24(29(39)23-9-5-2-6-10-23)20-35-37-31-34-21-27(33)30(36-31)38-15-17-40-18-16-38/h1-14,19-21H,15-18H2,(H,34,36,37)/b35-20-. The molecule has 1 saturated heterocycles. The van der Waals surface area contributed by atoms with Gasteiger partial charge in [-0.1, -0.05) is 76.6 Å². The first-order valence-corrected chi connectivity index (χ1v) is 13.7. The Morgan fingerprint density at radius 1 is 0.900 bits per heavy atom. The summed E-state index contributed by atoms with van der Waals surface area (Å²) in [6.45, 7) is 2.21. The van der Waals surface area contributed by atoms with Gasteiger partial charge in [0.05, 0.1) is 37.0 Å². The van der Waals surface area contributed by atoms with E-state index in [2.05, 4.69) is 83.5 Å². The van der Waals surface area contributed by atoms with Crippen LogP contribution in [0.1, 0.15) is 5.56 Å². The Bertz CT molecular complexity index is 1620. The molecule has 0 saturated carbocycles. The van der Waals surface area contributed by atoms with Crippen LogP contribution in [0.25, 0.3) is 28.2 Å². The van der Waals surface area contributed by atoms with Crippen LogP contribution in [-0.4, -0.2) is 47.1 Å². The second-order valence-corrected chi connectivity index (χ2v) is 10.1. The van der Waals surface area contributed by atoms with Crippen LogP contribution in [0.15, 0.2) is 107 Å². The summed E-state index contributed by atoms with van der Waals surface area (Å²) in [7, 11) is 0. The molecule has 0 spiro atoms. The largest absolute Gasteiger partial charge is 0.378 e. The molecular formula is C31H26BrFN6O. The molecule has 5 aromatic rings. The van der Waals surface area contributed by atoms with E-state index < -0.39 is 5.82 Å². The molecule has 0 amide bonds. The van der Waals surface area contributed by atoms with Crippen molar-refractivity contribution in [2.45, 2.75) is 0 Å². The number of nitrogens with one attached hydrogen (secondary N) is 1. The lowest BCUT2D eigenvalue weighted by atomic mass is 10.1. The summed E-state index contributed by atoms with van der Waals surface area (Å²) < 4.78 is 23.1. The van der Waals surface area contributed by atoms with Gasteiger partial charge in [0, 0.05) is 28.8 Å². The summed E-state index contributed by atoms with van der Waals surface area (Å²) in [5.41, 5.74) is 8.95. The average molecular weight is 597 g/mol. The molecule has 6 rings (SSSR count). The fourth-order valence-corrected chi connectivity index (χ4v) is 5.03. The van der Waals surface area contributed by atoms with Crippen molar-refractivity contribution in [2.75, 3.05) is 36.6 Å². The minimum atomic E-state index is -0.470. The summed E-state index contributed by atoms with van der Waals surface area (Å²) >= 11 is 3.56. The highest BCUT2D eigenvalue weighted by molar-refractivity contribution is 9.10. The molecule has 0 unspecified atom stereocenters. The predicted octanol–water partition coefficient (Wildman–Crippen LogP) is 6.79. The quantitative estimate of drug-likeness (QED) is 0.165. The Morgan fingerprint density at radius 2 is 1.57 bits per heavy atom. The maximum atomic E-state index is 14.5. The van der Waals surface area contributed by atoms with E-state index in [1.807, 2.05) is 53.4 Å². The topological polar surface area (TPSA) is 67.6 Å². The predicted molar refractivity (Wildman–Crippen MR) is 161 cm³/mol. The first-order valence-electron chi connectivity index (χ1n) is 12.9. The number of aromatic nitrogens is 3. The summed E-state index contributed by atoms with van der Waals surface area (Å²) in [4.78, 5) is 10.3. The van der Waals surface area contributed by atoms with Crippen molar-refractivity contribution in [3.63, 3.8) is 0 Å². The monoisotopic (exact) mass is 596 g/mol. The Balaban J connectivity index is 1.42. The summed E-state index contributed by atoms with van der Waals surface area (Å²) in [5.74, 6) is -0.00775. The molecular weight excluding hydrogens is 571 g/mol. The number of benzene rings is 3. The van der Waals surface area contributed by atoms with Crippen molar-refractivity contribution < 1.29 is 9.13 Å². The molecule has 0 atom stereocenters. The maximum Gasteiger partial charge on any atom is 0.245 e. The van der Waals surface area contributed by atoms with E-state index in [0.717, 1.165) is 38.2 Å². The molecule has 1 aliphatic heterocycles. The fourth-order valence-electron chi connectivity index (χ4n) is 4.77. The second-order valence-electron chi connectivity index (χ2n) is 9.21. The molecule has 1 N–H and O–H groups in total. The van der Waals surface area contributed by atoms with Crippen LogP contribution < -0.4 is 10.3 Å². The number of rotatable bonds is 7. The van der Waals surface area contributed by atoms with Gasteiger partial charge in [-0.2, -0.15) is 10.1 Å². The van der Waals surface area contributed by atoms with E-state index >= 15 is 0 Å². The number of hydrazone groups is 1. The van der Waals surface area contributed by atoms with E-state index in [0.29, 0.717) is 26.3 Å². The van der Waals surface area contributed by atoms with E-state index in [-0.39, 0.29) is 11.8 Å². The van der Waals surface area contributed by atoms with Gasteiger partial charge in [0.15, 0.2) is 11.6 Å². The highest BCUT2D eigenvalue weighted by atomic mass is 79.9.